The topological polar surface area (TPSA) is 69.6 Å². The second-order valence-electron chi connectivity index (χ2n) is 7.92. The second-order valence-corrected chi connectivity index (χ2v) is 7.92. The van der Waals surface area contributed by atoms with Crippen molar-refractivity contribution in [2.24, 2.45) is 0 Å². The summed E-state index contributed by atoms with van der Waals surface area (Å²) in [6.45, 7) is 6.08. The number of nitrogen functional groups attached to an aromatic ring is 1. The number of nitrogens with two attached hydrogens (primary N) is 1. The molecule has 1 aromatic carbocycles. The predicted molar refractivity (Wildman–Crippen MR) is 95.9 cm³/mol. The zero-order valence-corrected chi connectivity index (χ0v) is 15.1. The minimum absolute atomic E-state index is 0.255. The van der Waals surface area contributed by atoms with Crippen LogP contribution < -0.4 is 5.73 Å². The first-order valence-corrected chi connectivity index (χ1v) is 8.73. The highest BCUT2D eigenvalue weighted by atomic mass is 19.1. The fourth-order valence-corrected chi connectivity index (χ4v) is 3.15. The number of rotatable bonds is 3. The first kappa shape index (κ1) is 16.9. The maximum Gasteiger partial charge on any atom is 0.164 e. The van der Waals surface area contributed by atoms with Gasteiger partial charge in [0.2, 0.25) is 0 Å². The Kier molecular flexibility index (Phi) is 3.71. The number of nitrogens with zero attached hydrogens (tertiary/aromatic N) is 4. The molecule has 1 aliphatic rings. The van der Waals surface area contributed by atoms with E-state index in [0.717, 1.165) is 24.7 Å². The number of aromatic nitrogens is 4. The van der Waals surface area contributed by atoms with Gasteiger partial charge >= 0.3 is 0 Å². The molecule has 0 radical (unpaired) electrons. The molecular formula is C19H21F2N5. The number of halogens is 2. The Balaban J connectivity index is 1.89. The van der Waals surface area contributed by atoms with Gasteiger partial charge in [-0.1, -0.05) is 0 Å². The van der Waals surface area contributed by atoms with Gasteiger partial charge in [0.05, 0.1) is 16.6 Å². The molecule has 7 heteroatoms. The van der Waals surface area contributed by atoms with Gasteiger partial charge in [-0.05, 0) is 51.3 Å². The summed E-state index contributed by atoms with van der Waals surface area (Å²) < 4.78 is 28.9. The molecular weight excluding hydrogens is 336 g/mol. The molecule has 5 nitrogen and oxygen atoms in total. The molecule has 2 aromatic heterocycles. The molecule has 0 saturated heterocycles. The summed E-state index contributed by atoms with van der Waals surface area (Å²) in [6.07, 6.45) is 2.40. The van der Waals surface area contributed by atoms with E-state index in [1.165, 1.54) is 12.1 Å². The van der Waals surface area contributed by atoms with Gasteiger partial charge in [0.25, 0.3) is 0 Å². The normalized spacial score (nSPS) is 15.0. The molecule has 0 spiro atoms. The van der Waals surface area contributed by atoms with Crippen LogP contribution in [0.5, 0.6) is 0 Å². The van der Waals surface area contributed by atoms with Crippen LogP contribution in [0.3, 0.4) is 0 Å². The summed E-state index contributed by atoms with van der Waals surface area (Å²) in [7, 11) is 0. The largest absolute Gasteiger partial charge is 0.383 e. The average molecular weight is 357 g/mol. The van der Waals surface area contributed by atoms with Crippen LogP contribution in [0, 0.1) is 11.6 Å². The van der Waals surface area contributed by atoms with Gasteiger partial charge in [-0.25, -0.2) is 23.4 Å². The Labute approximate surface area is 150 Å². The van der Waals surface area contributed by atoms with E-state index < -0.39 is 11.6 Å². The van der Waals surface area contributed by atoms with Crippen LogP contribution in [-0.2, 0) is 12.0 Å². The smallest absolute Gasteiger partial charge is 0.164 e. The van der Waals surface area contributed by atoms with Crippen LogP contribution in [0.15, 0.2) is 18.2 Å². The lowest BCUT2D eigenvalue weighted by molar-refractivity contribution is 0.363. The van der Waals surface area contributed by atoms with Crippen LogP contribution >= 0.6 is 0 Å². The third-order valence-corrected chi connectivity index (χ3v) is 4.52. The highest BCUT2D eigenvalue weighted by molar-refractivity contribution is 5.89. The molecule has 136 valence electrons. The monoisotopic (exact) mass is 357 g/mol. The quantitative estimate of drug-likeness (QED) is 0.771. The first-order valence-electron chi connectivity index (χ1n) is 8.73. The van der Waals surface area contributed by atoms with E-state index in [1.807, 2.05) is 25.5 Å². The highest BCUT2D eigenvalue weighted by Crippen LogP contribution is 2.40. The van der Waals surface area contributed by atoms with Gasteiger partial charge in [-0.3, -0.25) is 0 Å². The molecule has 4 rings (SSSR count). The Morgan fingerprint density at radius 2 is 1.77 bits per heavy atom. The standard InChI is InChI=1S/C19H21F2N5/c1-19(2,3)26-18-15(16(22)23-17(24-18)11-4-5-11)14(25-26)8-10-6-12(20)9-13(21)7-10/h6-7,9,11H,4-5,8H2,1-3H3,(H2,22,23,24). The van der Waals surface area contributed by atoms with Crippen LogP contribution in [0.2, 0.25) is 0 Å². The van der Waals surface area contributed by atoms with Crippen molar-refractivity contribution < 1.29 is 8.78 Å². The van der Waals surface area contributed by atoms with Gasteiger partial charge in [0.1, 0.15) is 23.3 Å². The summed E-state index contributed by atoms with van der Waals surface area (Å²) in [5, 5.41) is 5.35. The Bertz CT molecular complexity index is 979. The van der Waals surface area contributed by atoms with Crippen molar-refractivity contribution in [3.05, 3.63) is 46.9 Å². The zero-order chi connectivity index (χ0) is 18.6. The molecule has 2 heterocycles. The second kappa shape index (κ2) is 5.72. The lowest BCUT2D eigenvalue weighted by Crippen LogP contribution is -2.24. The van der Waals surface area contributed by atoms with Crippen molar-refractivity contribution in [1.29, 1.82) is 0 Å². The van der Waals surface area contributed by atoms with Gasteiger partial charge in [-0.15, -0.1) is 0 Å². The van der Waals surface area contributed by atoms with Crippen LogP contribution in [0.25, 0.3) is 11.0 Å². The maximum atomic E-state index is 13.6. The molecule has 0 unspecified atom stereocenters. The number of benzene rings is 1. The lowest BCUT2D eigenvalue weighted by atomic mass is 10.1. The zero-order valence-electron chi connectivity index (χ0n) is 15.1. The van der Waals surface area contributed by atoms with Crippen molar-refractivity contribution in [3.8, 4) is 0 Å². The van der Waals surface area contributed by atoms with E-state index in [9.17, 15) is 8.78 Å². The molecule has 26 heavy (non-hydrogen) atoms. The molecule has 1 saturated carbocycles. The van der Waals surface area contributed by atoms with Crippen molar-refractivity contribution in [3.63, 3.8) is 0 Å². The molecule has 0 bridgehead atoms. The van der Waals surface area contributed by atoms with Gasteiger partial charge < -0.3 is 5.73 Å². The summed E-state index contributed by atoms with van der Waals surface area (Å²) in [5.74, 6) is 0.272. The minimum Gasteiger partial charge on any atom is -0.383 e. The summed E-state index contributed by atoms with van der Waals surface area (Å²) in [5.41, 5.74) is 7.73. The Hall–Kier alpha value is -2.57. The minimum atomic E-state index is -0.611. The van der Waals surface area contributed by atoms with E-state index in [2.05, 4.69) is 10.1 Å². The highest BCUT2D eigenvalue weighted by Gasteiger charge is 2.30. The third-order valence-electron chi connectivity index (χ3n) is 4.52. The van der Waals surface area contributed by atoms with E-state index in [-0.39, 0.29) is 12.0 Å². The average Bonchev–Trinajstić information content (AvgIpc) is 3.28. The SMILES string of the molecule is CC(C)(C)n1nc(Cc2cc(F)cc(F)c2)c2c(N)nc(C3CC3)nc21. The van der Waals surface area contributed by atoms with Crippen LogP contribution in [-0.4, -0.2) is 19.7 Å². The molecule has 0 amide bonds. The van der Waals surface area contributed by atoms with E-state index >= 15 is 0 Å². The summed E-state index contributed by atoms with van der Waals surface area (Å²) in [6, 6.07) is 3.47. The van der Waals surface area contributed by atoms with Crippen molar-refractivity contribution >= 4 is 16.9 Å². The molecule has 2 N–H and O–H groups in total. The first-order chi connectivity index (χ1) is 12.2. The van der Waals surface area contributed by atoms with Gasteiger partial charge in [0.15, 0.2) is 5.65 Å². The van der Waals surface area contributed by atoms with Gasteiger partial charge in [-0.2, -0.15) is 5.10 Å². The number of hydrogen-bond acceptors (Lipinski definition) is 4. The number of anilines is 1. The van der Waals surface area contributed by atoms with Gasteiger partial charge in [0, 0.05) is 18.4 Å². The predicted octanol–water partition coefficient (Wildman–Crippen LogP) is 3.91. The van der Waals surface area contributed by atoms with Crippen molar-refractivity contribution in [1.82, 2.24) is 19.7 Å². The third kappa shape index (κ3) is 3.02. The summed E-state index contributed by atoms with van der Waals surface area (Å²) >= 11 is 0. The fraction of sp³-hybridized carbons (Fsp3) is 0.421. The summed E-state index contributed by atoms with van der Waals surface area (Å²) in [4.78, 5) is 9.18. The molecule has 1 aliphatic carbocycles. The van der Waals surface area contributed by atoms with Crippen LogP contribution in [0.4, 0.5) is 14.6 Å². The Morgan fingerprint density at radius 1 is 1.12 bits per heavy atom. The number of hydrogen-bond donors (Lipinski definition) is 1. The molecule has 3 aromatic rings. The van der Waals surface area contributed by atoms with E-state index in [4.69, 9.17) is 10.7 Å². The van der Waals surface area contributed by atoms with E-state index in [1.54, 1.807) is 0 Å². The van der Waals surface area contributed by atoms with E-state index in [0.29, 0.717) is 34.0 Å². The fourth-order valence-electron chi connectivity index (χ4n) is 3.15. The lowest BCUT2D eigenvalue weighted by Gasteiger charge is -2.20. The van der Waals surface area contributed by atoms with Crippen LogP contribution in [0.1, 0.15) is 56.6 Å². The molecule has 0 atom stereocenters. The van der Waals surface area contributed by atoms with Crippen molar-refractivity contribution in [2.45, 2.75) is 51.5 Å². The molecule has 1 fully saturated rings. The molecule has 0 aliphatic heterocycles. The van der Waals surface area contributed by atoms with Crippen molar-refractivity contribution in [2.75, 3.05) is 5.73 Å². The number of fused-ring (bicyclic) bond motifs is 1. The Morgan fingerprint density at radius 3 is 2.35 bits per heavy atom. The maximum absolute atomic E-state index is 13.6.